The summed E-state index contributed by atoms with van der Waals surface area (Å²) in [6.07, 6.45) is 3.97. The zero-order valence-corrected chi connectivity index (χ0v) is 21.8. The van der Waals surface area contributed by atoms with E-state index in [1.807, 2.05) is 6.07 Å². The van der Waals surface area contributed by atoms with Crippen LogP contribution >= 0.6 is 11.6 Å². The number of hydrogen-bond acceptors (Lipinski definition) is 6. The van der Waals surface area contributed by atoms with E-state index < -0.39 is 0 Å². The standard InChI is InChI=1S/C29H31ClN4O2/c1-28(2)14-18(15-29(3,4)34-28)12-24(35)19-8-10-26(23(30)13-19)36-25-7-5-6-21(22(25)16-31)20-9-11-27(32)33-17-20/h5-11,13,17-18,34H,12,14-15H2,1-4H3,(H2,32,33). The number of ether oxygens (including phenoxy) is 1. The molecule has 4 rings (SSSR count). The number of nitrogens with zero attached hydrogens (tertiary/aromatic N) is 2. The van der Waals surface area contributed by atoms with Gasteiger partial charge in [0, 0.05) is 40.4 Å². The highest BCUT2D eigenvalue weighted by Gasteiger charge is 2.38. The van der Waals surface area contributed by atoms with Gasteiger partial charge in [0.05, 0.1) is 5.02 Å². The lowest BCUT2D eigenvalue weighted by atomic mass is 9.74. The first-order valence-corrected chi connectivity index (χ1v) is 12.4. The van der Waals surface area contributed by atoms with E-state index >= 15 is 0 Å². The molecule has 36 heavy (non-hydrogen) atoms. The number of pyridine rings is 1. The van der Waals surface area contributed by atoms with Gasteiger partial charge in [0.2, 0.25) is 0 Å². The zero-order valence-electron chi connectivity index (χ0n) is 21.1. The highest BCUT2D eigenvalue weighted by molar-refractivity contribution is 6.32. The lowest BCUT2D eigenvalue weighted by Gasteiger charge is -2.46. The Labute approximate surface area is 217 Å². The number of nitrogen functional groups attached to an aromatic ring is 1. The summed E-state index contributed by atoms with van der Waals surface area (Å²) in [4.78, 5) is 17.2. The van der Waals surface area contributed by atoms with E-state index in [4.69, 9.17) is 22.1 Å². The summed E-state index contributed by atoms with van der Waals surface area (Å²) >= 11 is 6.53. The monoisotopic (exact) mass is 502 g/mol. The van der Waals surface area contributed by atoms with Crippen LogP contribution in [0.4, 0.5) is 5.82 Å². The molecule has 0 spiro atoms. The van der Waals surface area contributed by atoms with Crippen LogP contribution in [-0.2, 0) is 0 Å². The average molecular weight is 503 g/mol. The van der Waals surface area contributed by atoms with Gasteiger partial charge in [-0.05, 0) is 82.9 Å². The van der Waals surface area contributed by atoms with Crippen molar-refractivity contribution in [3.63, 3.8) is 0 Å². The minimum atomic E-state index is -0.0164. The van der Waals surface area contributed by atoms with Crippen molar-refractivity contribution in [2.24, 2.45) is 5.92 Å². The number of aromatic nitrogens is 1. The third kappa shape index (κ3) is 5.87. The second-order valence-corrected chi connectivity index (χ2v) is 11.2. The second kappa shape index (κ2) is 9.93. The first kappa shape index (κ1) is 25.7. The fraction of sp³-hybridized carbons (Fsp3) is 0.345. The molecule has 1 fully saturated rings. The molecule has 0 saturated carbocycles. The molecule has 1 aromatic heterocycles. The van der Waals surface area contributed by atoms with Crippen LogP contribution < -0.4 is 15.8 Å². The number of nitrogens with one attached hydrogen (secondary N) is 1. The molecule has 7 heteroatoms. The second-order valence-electron chi connectivity index (χ2n) is 10.8. The molecular formula is C29H31ClN4O2. The number of hydrogen-bond donors (Lipinski definition) is 2. The maximum Gasteiger partial charge on any atom is 0.163 e. The van der Waals surface area contributed by atoms with Crippen molar-refractivity contribution in [2.75, 3.05) is 5.73 Å². The van der Waals surface area contributed by atoms with Crippen molar-refractivity contribution in [1.29, 1.82) is 5.26 Å². The Balaban J connectivity index is 1.53. The average Bonchev–Trinajstić information content (AvgIpc) is 2.78. The molecule has 0 atom stereocenters. The maximum absolute atomic E-state index is 13.1. The molecule has 2 aromatic carbocycles. The number of benzene rings is 2. The summed E-state index contributed by atoms with van der Waals surface area (Å²) in [5.74, 6) is 1.51. The molecule has 2 heterocycles. The van der Waals surface area contributed by atoms with Gasteiger partial charge in [-0.15, -0.1) is 0 Å². The minimum absolute atomic E-state index is 0.0164. The first-order valence-electron chi connectivity index (χ1n) is 12.0. The Kier molecular flexibility index (Phi) is 7.08. The zero-order chi connectivity index (χ0) is 26.1. The van der Waals surface area contributed by atoms with E-state index in [0.29, 0.717) is 51.4 Å². The molecule has 1 saturated heterocycles. The van der Waals surface area contributed by atoms with Crippen LogP contribution in [0.15, 0.2) is 54.7 Å². The number of piperidine rings is 1. The smallest absolute Gasteiger partial charge is 0.163 e. The summed E-state index contributed by atoms with van der Waals surface area (Å²) in [6, 6.07) is 16.1. The van der Waals surface area contributed by atoms with E-state index in [-0.39, 0.29) is 16.9 Å². The summed E-state index contributed by atoms with van der Waals surface area (Å²) in [5.41, 5.74) is 8.01. The number of anilines is 1. The molecule has 3 N–H and O–H groups in total. The van der Waals surface area contributed by atoms with Crippen LogP contribution in [-0.4, -0.2) is 21.8 Å². The van der Waals surface area contributed by atoms with Crippen LogP contribution in [0.2, 0.25) is 5.02 Å². The number of nitrogens with two attached hydrogens (primary N) is 1. The van der Waals surface area contributed by atoms with Gasteiger partial charge in [-0.2, -0.15) is 5.26 Å². The molecule has 1 aliphatic rings. The molecule has 0 bridgehead atoms. The quantitative estimate of drug-likeness (QED) is 0.360. The predicted molar refractivity (Wildman–Crippen MR) is 143 cm³/mol. The van der Waals surface area contributed by atoms with Gasteiger partial charge in [0.15, 0.2) is 5.78 Å². The third-order valence-electron chi connectivity index (χ3n) is 6.46. The Morgan fingerprint density at radius 2 is 1.86 bits per heavy atom. The molecule has 186 valence electrons. The van der Waals surface area contributed by atoms with E-state index in [1.165, 1.54) is 0 Å². The molecular weight excluding hydrogens is 472 g/mol. The van der Waals surface area contributed by atoms with Crippen molar-refractivity contribution in [2.45, 2.75) is 58.0 Å². The lowest BCUT2D eigenvalue weighted by molar-refractivity contribution is 0.0864. The van der Waals surface area contributed by atoms with Gasteiger partial charge in [0.25, 0.3) is 0 Å². The summed E-state index contributed by atoms with van der Waals surface area (Å²) in [5, 5.41) is 13.8. The normalized spacial score (nSPS) is 16.8. The minimum Gasteiger partial charge on any atom is -0.454 e. The van der Waals surface area contributed by atoms with Gasteiger partial charge in [-0.1, -0.05) is 23.7 Å². The summed E-state index contributed by atoms with van der Waals surface area (Å²) < 4.78 is 6.04. The van der Waals surface area contributed by atoms with Crippen LogP contribution in [0.3, 0.4) is 0 Å². The van der Waals surface area contributed by atoms with Crippen molar-refractivity contribution < 1.29 is 9.53 Å². The predicted octanol–water partition coefficient (Wildman–Crippen LogP) is 6.78. The number of Topliss-reactive ketones (excluding diaryl/α,β-unsaturated/α-hetero) is 1. The van der Waals surface area contributed by atoms with Gasteiger partial charge < -0.3 is 15.8 Å². The van der Waals surface area contributed by atoms with E-state index in [9.17, 15) is 10.1 Å². The summed E-state index contributed by atoms with van der Waals surface area (Å²) in [6.45, 7) is 8.73. The topological polar surface area (TPSA) is 101 Å². The fourth-order valence-corrected chi connectivity index (χ4v) is 5.69. The lowest BCUT2D eigenvalue weighted by Crippen LogP contribution is -2.57. The molecule has 3 aromatic rings. The van der Waals surface area contributed by atoms with Crippen molar-refractivity contribution in [3.8, 4) is 28.7 Å². The highest BCUT2D eigenvalue weighted by atomic mass is 35.5. The first-order chi connectivity index (χ1) is 17.0. The van der Waals surface area contributed by atoms with Gasteiger partial charge >= 0.3 is 0 Å². The van der Waals surface area contributed by atoms with Crippen LogP contribution in [0.5, 0.6) is 11.5 Å². The number of halogens is 1. The largest absolute Gasteiger partial charge is 0.454 e. The van der Waals surface area contributed by atoms with Gasteiger partial charge in [0.1, 0.15) is 28.9 Å². The molecule has 1 aliphatic heterocycles. The Hall–Kier alpha value is -3.40. The highest BCUT2D eigenvalue weighted by Crippen LogP contribution is 2.38. The SMILES string of the molecule is CC1(C)CC(CC(=O)c2ccc(Oc3cccc(-c4ccc(N)nc4)c3C#N)c(Cl)c2)CC(C)(C)N1. The Morgan fingerprint density at radius 1 is 1.14 bits per heavy atom. The van der Waals surface area contributed by atoms with Crippen molar-refractivity contribution in [3.05, 3.63) is 70.9 Å². The van der Waals surface area contributed by atoms with Crippen LogP contribution in [0.25, 0.3) is 11.1 Å². The number of carbonyl (C=O) groups excluding carboxylic acids is 1. The molecule has 0 unspecified atom stereocenters. The number of carbonyl (C=O) groups is 1. The van der Waals surface area contributed by atoms with Crippen LogP contribution in [0, 0.1) is 17.2 Å². The van der Waals surface area contributed by atoms with Gasteiger partial charge in [-0.3, -0.25) is 4.79 Å². The molecule has 0 radical (unpaired) electrons. The molecule has 6 nitrogen and oxygen atoms in total. The Bertz CT molecular complexity index is 1310. The van der Waals surface area contributed by atoms with E-state index in [0.717, 1.165) is 18.4 Å². The molecule has 0 aliphatic carbocycles. The number of ketones is 1. The van der Waals surface area contributed by atoms with Crippen molar-refractivity contribution in [1.82, 2.24) is 10.3 Å². The van der Waals surface area contributed by atoms with Crippen molar-refractivity contribution >= 4 is 23.2 Å². The summed E-state index contributed by atoms with van der Waals surface area (Å²) in [7, 11) is 0. The molecule has 0 amide bonds. The maximum atomic E-state index is 13.1. The van der Waals surface area contributed by atoms with Crippen LogP contribution in [0.1, 0.15) is 62.9 Å². The fourth-order valence-electron chi connectivity index (χ4n) is 5.47. The number of rotatable bonds is 6. The number of nitriles is 1. The third-order valence-corrected chi connectivity index (χ3v) is 6.75. The van der Waals surface area contributed by atoms with E-state index in [1.54, 1.807) is 48.7 Å². The van der Waals surface area contributed by atoms with E-state index in [2.05, 4.69) is 44.1 Å². The van der Waals surface area contributed by atoms with Gasteiger partial charge in [-0.25, -0.2) is 4.98 Å². The Morgan fingerprint density at radius 3 is 2.47 bits per heavy atom.